The van der Waals surface area contributed by atoms with Gasteiger partial charge in [-0.3, -0.25) is 0 Å². The van der Waals surface area contributed by atoms with Gasteiger partial charge in [-0.05, 0) is 51.4 Å². The summed E-state index contributed by atoms with van der Waals surface area (Å²) in [4.78, 5) is 2.60. The van der Waals surface area contributed by atoms with Crippen molar-refractivity contribution in [3.8, 4) is 0 Å². The predicted octanol–water partition coefficient (Wildman–Crippen LogP) is 1.72. The molecule has 1 unspecified atom stereocenters. The molecule has 0 spiro atoms. The van der Waals surface area contributed by atoms with Gasteiger partial charge in [0.05, 0.1) is 0 Å². The van der Waals surface area contributed by atoms with Crippen LogP contribution in [-0.2, 0) is 0 Å². The Morgan fingerprint density at radius 3 is 2.85 bits per heavy atom. The zero-order valence-corrected chi connectivity index (χ0v) is 9.18. The van der Waals surface area contributed by atoms with Crippen molar-refractivity contribution in [3.63, 3.8) is 0 Å². The van der Waals surface area contributed by atoms with E-state index in [1.165, 1.54) is 52.0 Å². The monoisotopic (exact) mass is 184 g/mol. The molecular formula is C11H24N2. The fraction of sp³-hybridized carbons (Fsp3) is 1.00. The zero-order valence-electron chi connectivity index (χ0n) is 9.18. The van der Waals surface area contributed by atoms with Crippen LogP contribution in [0.25, 0.3) is 0 Å². The summed E-state index contributed by atoms with van der Waals surface area (Å²) < 4.78 is 0. The number of hydrogen-bond donors (Lipinski definition) is 1. The highest BCUT2D eigenvalue weighted by molar-refractivity contribution is 4.76. The minimum atomic E-state index is 0.915. The van der Waals surface area contributed by atoms with Crippen LogP contribution >= 0.6 is 0 Å². The molecule has 1 N–H and O–H groups in total. The maximum atomic E-state index is 3.51. The van der Waals surface area contributed by atoms with Gasteiger partial charge in [-0.1, -0.05) is 13.8 Å². The SMILES string of the molecule is CCCNCC1CCN(CCC)C1. The van der Waals surface area contributed by atoms with Crippen molar-refractivity contribution < 1.29 is 0 Å². The molecule has 0 aromatic rings. The molecule has 0 saturated carbocycles. The fourth-order valence-electron chi connectivity index (χ4n) is 2.08. The predicted molar refractivity (Wildman–Crippen MR) is 58.0 cm³/mol. The zero-order chi connectivity index (χ0) is 9.52. The highest BCUT2D eigenvalue weighted by atomic mass is 15.1. The molecule has 1 saturated heterocycles. The van der Waals surface area contributed by atoms with E-state index in [1.807, 2.05) is 0 Å². The van der Waals surface area contributed by atoms with Crippen LogP contribution in [0.3, 0.4) is 0 Å². The number of nitrogens with one attached hydrogen (secondary N) is 1. The second-order valence-corrected chi connectivity index (χ2v) is 4.16. The number of nitrogens with zero attached hydrogens (tertiary/aromatic N) is 1. The number of hydrogen-bond acceptors (Lipinski definition) is 2. The van der Waals surface area contributed by atoms with Crippen molar-refractivity contribution in [2.45, 2.75) is 33.1 Å². The second kappa shape index (κ2) is 6.39. The molecule has 1 aliphatic rings. The first-order chi connectivity index (χ1) is 6.36. The van der Waals surface area contributed by atoms with Crippen molar-refractivity contribution >= 4 is 0 Å². The summed E-state index contributed by atoms with van der Waals surface area (Å²) in [5, 5.41) is 3.51. The molecule has 78 valence electrons. The van der Waals surface area contributed by atoms with Crippen LogP contribution in [0, 0.1) is 5.92 Å². The first-order valence-electron chi connectivity index (χ1n) is 5.79. The minimum absolute atomic E-state index is 0.915. The molecular weight excluding hydrogens is 160 g/mol. The van der Waals surface area contributed by atoms with E-state index in [1.54, 1.807) is 0 Å². The molecule has 0 bridgehead atoms. The van der Waals surface area contributed by atoms with Crippen molar-refractivity contribution in [1.29, 1.82) is 0 Å². The summed E-state index contributed by atoms with van der Waals surface area (Å²) in [6, 6.07) is 0. The van der Waals surface area contributed by atoms with Gasteiger partial charge in [0.15, 0.2) is 0 Å². The van der Waals surface area contributed by atoms with Gasteiger partial charge in [-0.2, -0.15) is 0 Å². The Labute approximate surface area is 82.7 Å². The minimum Gasteiger partial charge on any atom is -0.316 e. The Balaban J connectivity index is 2.03. The molecule has 13 heavy (non-hydrogen) atoms. The molecule has 0 amide bonds. The van der Waals surface area contributed by atoms with Gasteiger partial charge in [0.1, 0.15) is 0 Å². The summed E-state index contributed by atoms with van der Waals surface area (Å²) >= 11 is 0. The second-order valence-electron chi connectivity index (χ2n) is 4.16. The van der Waals surface area contributed by atoms with E-state index in [4.69, 9.17) is 0 Å². The van der Waals surface area contributed by atoms with Crippen molar-refractivity contribution in [3.05, 3.63) is 0 Å². The fourth-order valence-corrected chi connectivity index (χ4v) is 2.08. The van der Waals surface area contributed by atoms with Crippen LogP contribution < -0.4 is 5.32 Å². The lowest BCUT2D eigenvalue weighted by molar-refractivity contribution is 0.322. The van der Waals surface area contributed by atoms with Crippen LogP contribution in [0.2, 0.25) is 0 Å². The molecule has 1 fully saturated rings. The lowest BCUT2D eigenvalue weighted by Crippen LogP contribution is -2.27. The van der Waals surface area contributed by atoms with Gasteiger partial charge < -0.3 is 10.2 Å². The Kier molecular flexibility index (Phi) is 5.40. The summed E-state index contributed by atoms with van der Waals surface area (Å²) in [5.41, 5.74) is 0. The smallest absolute Gasteiger partial charge is 0.00223 e. The quantitative estimate of drug-likeness (QED) is 0.632. The first-order valence-corrected chi connectivity index (χ1v) is 5.79. The van der Waals surface area contributed by atoms with E-state index in [0.29, 0.717) is 0 Å². The standard InChI is InChI=1S/C11H24N2/c1-3-6-12-9-11-5-8-13(10-11)7-4-2/h11-12H,3-10H2,1-2H3. The number of likely N-dealkylation sites (tertiary alicyclic amines) is 1. The van der Waals surface area contributed by atoms with Crippen molar-refractivity contribution in [2.24, 2.45) is 5.92 Å². The Hall–Kier alpha value is -0.0800. The van der Waals surface area contributed by atoms with E-state index in [-0.39, 0.29) is 0 Å². The molecule has 1 aliphatic heterocycles. The Morgan fingerprint density at radius 2 is 2.15 bits per heavy atom. The third kappa shape index (κ3) is 4.10. The lowest BCUT2D eigenvalue weighted by Gasteiger charge is -2.14. The van der Waals surface area contributed by atoms with Crippen LogP contribution in [0.1, 0.15) is 33.1 Å². The molecule has 1 heterocycles. The maximum Gasteiger partial charge on any atom is 0.00223 e. The van der Waals surface area contributed by atoms with Gasteiger partial charge in [-0.15, -0.1) is 0 Å². The van der Waals surface area contributed by atoms with Crippen LogP contribution in [0.5, 0.6) is 0 Å². The maximum absolute atomic E-state index is 3.51. The molecule has 0 aromatic heterocycles. The molecule has 0 radical (unpaired) electrons. The van der Waals surface area contributed by atoms with Gasteiger partial charge >= 0.3 is 0 Å². The topological polar surface area (TPSA) is 15.3 Å². The van der Waals surface area contributed by atoms with Crippen LogP contribution in [0.4, 0.5) is 0 Å². The highest BCUT2D eigenvalue weighted by Crippen LogP contribution is 2.15. The summed E-state index contributed by atoms with van der Waals surface area (Å²) in [7, 11) is 0. The molecule has 1 rings (SSSR count). The molecule has 2 heteroatoms. The van der Waals surface area contributed by atoms with Gasteiger partial charge in [0.2, 0.25) is 0 Å². The molecule has 0 aliphatic carbocycles. The Bertz CT molecular complexity index is 125. The number of rotatable bonds is 6. The van der Waals surface area contributed by atoms with Gasteiger partial charge in [0.25, 0.3) is 0 Å². The van der Waals surface area contributed by atoms with E-state index < -0.39 is 0 Å². The molecule has 1 atom stereocenters. The van der Waals surface area contributed by atoms with Gasteiger partial charge in [0, 0.05) is 6.54 Å². The Morgan fingerprint density at radius 1 is 1.31 bits per heavy atom. The average Bonchev–Trinajstić information content (AvgIpc) is 2.54. The third-order valence-corrected chi connectivity index (χ3v) is 2.77. The first kappa shape index (κ1) is 11.0. The van der Waals surface area contributed by atoms with E-state index in [0.717, 1.165) is 5.92 Å². The third-order valence-electron chi connectivity index (χ3n) is 2.77. The largest absolute Gasteiger partial charge is 0.316 e. The van der Waals surface area contributed by atoms with E-state index in [2.05, 4.69) is 24.1 Å². The van der Waals surface area contributed by atoms with Crippen LogP contribution in [0.15, 0.2) is 0 Å². The molecule has 0 aromatic carbocycles. The van der Waals surface area contributed by atoms with E-state index in [9.17, 15) is 0 Å². The highest BCUT2D eigenvalue weighted by Gasteiger charge is 2.20. The van der Waals surface area contributed by atoms with Gasteiger partial charge in [-0.25, -0.2) is 0 Å². The van der Waals surface area contributed by atoms with E-state index >= 15 is 0 Å². The van der Waals surface area contributed by atoms with Crippen LogP contribution in [-0.4, -0.2) is 37.6 Å². The summed E-state index contributed by atoms with van der Waals surface area (Å²) in [5.74, 6) is 0.915. The van der Waals surface area contributed by atoms with Crippen molar-refractivity contribution in [2.75, 3.05) is 32.7 Å². The summed E-state index contributed by atoms with van der Waals surface area (Å²) in [6.45, 7) is 10.9. The van der Waals surface area contributed by atoms with Crippen molar-refractivity contribution in [1.82, 2.24) is 10.2 Å². The molecule has 2 nitrogen and oxygen atoms in total. The average molecular weight is 184 g/mol. The normalized spacial score (nSPS) is 24.0. The summed E-state index contributed by atoms with van der Waals surface area (Å²) in [6.07, 6.45) is 3.96. The lowest BCUT2D eigenvalue weighted by atomic mass is 10.1.